The average Bonchev–Trinajstić information content (AvgIpc) is 3.05. The van der Waals surface area contributed by atoms with Gasteiger partial charge >= 0.3 is 0 Å². The minimum atomic E-state index is -3.17. The largest absolute Gasteiger partial charge is 0.271 e. The van der Waals surface area contributed by atoms with Crippen molar-refractivity contribution in [1.29, 1.82) is 0 Å². The maximum absolute atomic E-state index is 11.9. The van der Waals surface area contributed by atoms with E-state index in [0.29, 0.717) is 12.2 Å². The van der Waals surface area contributed by atoms with Crippen LogP contribution in [0.25, 0.3) is 27.6 Å². The molecule has 140 valence electrons. The van der Waals surface area contributed by atoms with Crippen LogP contribution in [0, 0.1) is 0 Å². The van der Waals surface area contributed by atoms with Crippen molar-refractivity contribution in [2.24, 2.45) is 0 Å². The molecule has 0 saturated heterocycles. The summed E-state index contributed by atoms with van der Waals surface area (Å²) in [5.41, 5.74) is 3.70. The highest BCUT2D eigenvalue weighted by Crippen LogP contribution is 2.29. The Labute approximate surface area is 162 Å². The summed E-state index contributed by atoms with van der Waals surface area (Å²) in [7, 11) is -0.0452. The Hall–Kier alpha value is -2.16. The molecule has 0 saturated carbocycles. The molecule has 2 heterocycles. The van der Waals surface area contributed by atoms with Gasteiger partial charge in [-0.2, -0.15) is 0 Å². The molecule has 0 spiro atoms. The number of para-hydroxylation sites is 3. The van der Waals surface area contributed by atoms with Crippen LogP contribution in [0.15, 0.2) is 53.7 Å². The zero-order chi connectivity index (χ0) is 19.0. The molecule has 0 unspecified atom stereocenters. The van der Waals surface area contributed by atoms with Gasteiger partial charge in [0.2, 0.25) is 10.0 Å². The summed E-state index contributed by atoms with van der Waals surface area (Å²) in [6.45, 7) is 0. The van der Waals surface area contributed by atoms with E-state index >= 15 is 0 Å². The van der Waals surface area contributed by atoms with Crippen LogP contribution in [0.3, 0.4) is 0 Å². The van der Waals surface area contributed by atoms with Crippen LogP contribution in [-0.2, 0) is 10.0 Å². The van der Waals surface area contributed by atoms with Crippen LogP contribution in [0.1, 0.15) is 6.42 Å². The third kappa shape index (κ3) is 3.40. The molecule has 0 aliphatic carbocycles. The van der Waals surface area contributed by atoms with Crippen LogP contribution in [0.2, 0.25) is 0 Å². The van der Waals surface area contributed by atoms with Crippen LogP contribution in [-0.4, -0.2) is 52.7 Å². The summed E-state index contributed by atoms with van der Waals surface area (Å²) in [5.74, 6) is 0.800. The number of thioether (sulfide) groups is 1. The third-order valence-electron chi connectivity index (χ3n) is 4.45. The lowest BCUT2D eigenvalue weighted by molar-refractivity contribution is 0.520. The van der Waals surface area contributed by atoms with Crippen LogP contribution >= 0.6 is 11.8 Å². The summed E-state index contributed by atoms with van der Waals surface area (Å²) in [5, 5.41) is 1.84. The molecule has 0 aliphatic heterocycles. The lowest BCUT2D eigenvalue weighted by Crippen LogP contribution is -2.25. The lowest BCUT2D eigenvalue weighted by Gasteiger charge is -2.11. The molecule has 27 heavy (non-hydrogen) atoms. The van der Waals surface area contributed by atoms with Gasteiger partial charge in [0.25, 0.3) is 0 Å². The molecule has 4 aromatic rings. The fourth-order valence-electron chi connectivity index (χ4n) is 3.00. The quantitative estimate of drug-likeness (QED) is 0.282. The number of aromatic nitrogens is 3. The van der Waals surface area contributed by atoms with Crippen molar-refractivity contribution >= 4 is 49.4 Å². The molecule has 0 bridgehead atoms. The molecule has 4 rings (SSSR count). The Bertz CT molecular complexity index is 1230. The predicted octanol–water partition coefficient (Wildman–Crippen LogP) is 3.41. The molecule has 8 heteroatoms. The van der Waals surface area contributed by atoms with E-state index in [1.54, 1.807) is 25.9 Å². The van der Waals surface area contributed by atoms with E-state index in [1.807, 2.05) is 48.5 Å². The minimum Gasteiger partial charge on any atom is -0.271 e. The summed E-state index contributed by atoms with van der Waals surface area (Å²) in [6.07, 6.45) is 0.563. The van der Waals surface area contributed by atoms with Gasteiger partial charge in [-0.15, -0.1) is 0 Å². The molecular formula is C19H20N4O2S2. The average molecular weight is 401 g/mol. The highest BCUT2D eigenvalue weighted by Gasteiger charge is 2.16. The second-order valence-electron chi connectivity index (χ2n) is 6.47. The molecule has 0 atom stereocenters. The monoisotopic (exact) mass is 400 g/mol. The number of fused-ring (bicyclic) bond motifs is 5. The minimum absolute atomic E-state index is 0.133. The Morgan fingerprint density at radius 1 is 1.00 bits per heavy atom. The van der Waals surface area contributed by atoms with Crippen LogP contribution < -0.4 is 0 Å². The van der Waals surface area contributed by atoms with E-state index < -0.39 is 10.0 Å². The molecular weight excluding hydrogens is 380 g/mol. The van der Waals surface area contributed by atoms with Crippen molar-refractivity contribution in [2.75, 3.05) is 25.6 Å². The molecule has 2 aromatic heterocycles. The maximum Gasteiger partial charge on any atom is 0.213 e. The molecule has 0 N–H and O–H groups in total. The predicted molar refractivity (Wildman–Crippen MR) is 111 cm³/mol. The molecule has 6 nitrogen and oxygen atoms in total. The van der Waals surface area contributed by atoms with Gasteiger partial charge in [-0.25, -0.2) is 22.7 Å². The number of benzene rings is 2. The van der Waals surface area contributed by atoms with E-state index in [0.717, 1.165) is 32.7 Å². The Morgan fingerprint density at radius 2 is 1.70 bits per heavy atom. The molecule has 0 amide bonds. The molecule has 0 fully saturated rings. The van der Waals surface area contributed by atoms with Gasteiger partial charge in [0.15, 0.2) is 5.16 Å². The Balaban J connectivity index is 1.73. The molecule has 0 aliphatic rings. The Morgan fingerprint density at radius 3 is 2.48 bits per heavy atom. The summed E-state index contributed by atoms with van der Waals surface area (Å²) >= 11 is 1.57. The van der Waals surface area contributed by atoms with E-state index in [4.69, 9.17) is 9.97 Å². The number of sulfonamides is 1. The lowest BCUT2D eigenvalue weighted by atomic mass is 10.2. The standard InChI is InChI=1S/C19H20N4O2S2/c1-22(2)27(24,25)13-7-12-26-19-21-15-9-4-3-8-14(15)18-20-16-10-5-6-11-17(16)23(18)19/h3-6,8-11H,7,12-13H2,1-2H3. The first kappa shape index (κ1) is 18.2. The zero-order valence-electron chi connectivity index (χ0n) is 15.2. The fourth-order valence-corrected chi connectivity index (χ4v) is 5.00. The van der Waals surface area contributed by atoms with Crippen molar-refractivity contribution < 1.29 is 8.42 Å². The van der Waals surface area contributed by atoms with Crippen molar-refractivity contribution in [1.82, 2.24) is 18.7 Å². The topological polar surface area (TPSA) is 67.6 Å². The second-order valence-corrected chi connectivity index (χ2v) is 9.84. The first-order valence-electron chi connectivity index (χ1n) is 8.66. The third-order valence-corrected chi connectivity index (χ3v) is 7.39. The van der Waals surface area contributed by atoms with Gasteiger partial charge < -0.3 is 0 Å². The Kier molecular flexibility index (Phi) is 4.79. The van der Waals surface area contributed by atoms with E-state index in [1.165, 1.54) is 4.31 Å². The van der Waals surface area contributed by atoms with Crippen LogP contribution in [0.5, 0.6) is 0 Å². The first-order chi connectivity index (χ1) is 13.0. The van der Waals surface area contributed by atoms with Crippen molar-refractivity contribution in [3.05, 3.63) is 48.5 Å². The number of imidazole rings is 1. The second kappa shape index (κ2) is 7.10. The normalized spacial score (nSPS) is 12.6. The summed E-state index contributed by atoms with van der Waals surface area (Å²) < 4.78 is 27.2. The highest BCUT2D eigenvalue weighted by molar-refractivity contribution is 7.99. The van der Waals surface area contributed by atoms with Gasteiger partial charge in [0.1, 0.15) is 5.65 Å². The SMILES string of the molecule is CN(C)S(=O)(=O)CCCSc1nc2ccccc2c2nc3ccccc3n12. The number of nitrogens with zero attached hydrogens (tertiary/aromatic N) is 4. The first-order valence-corrected chi connectivity index (χ1v) is 11.3. The smallest absolute Gasteiger partial charge is 0.213 e. The van der Waals surface area contributed by atoms with Gasteiger partial charge in [0.05, 0.1) is 22.3 Å². The van der Waals surface area contributed by atoms with Gasteiger partial charge in [-0.3, -0.25) is 4.40 Å². The summed E-state index contributed by atoms with van der Waals surface area (Å²) in [4.78, 5) is 9.62. The maximum atomic E-state index is 11.9. The van der Waals surface area contributed by atoms with Gasteiger partial charge in [-0.05, 0) is 30.7 Å². The number of rotatable bonds is 6. The zero-order valence-corrected chi connectivity index (χ0v) is 16.8. The molecule has 2 aromatic carbocycles. The number of hydrogen-bond acceptors (Lipinski definition) is 5. The van der Waals surface area contributed by atoms with Crippen LogP contribution in [0.4, 0.5) is 0 Å². The van der Waals surface area contributed by atoms with Crippen molar-refractivity contribution in [3.63, 3.8) is 0 Å². The van der Waals surface area contributed by atoms with Crippen molar-refractivity contribution in [2.45, 2.75) is 11.6 Å². The highest BCUT2D eigenvalue weighted by atomic mass is 32.2. The fraction of sp³-hybridized carbons (Fsp3) is 0.263. The molecule has 0 radical (unpaired) electrons. The summed E-state index contributed by atoms with van der Waals surface area (Å²) in [6, 6.07) is 16.0. The van der Waals surface area contributed by atoms with E-state index in [2.05, 4.69) is 4.40 Å². The van der Waals surface area contributed by atoms with Crippen molar-refractivity contribution in [3.8, 4) is 0 Å². The van der Waals surface area contributed by atoms with E-state index in [-0.39, 0.29) is 5.75 Å². The number of hydrogen-bond donors (Lipinski definition) is 0. The van der Waals surface area contributed by atoms with E-state index in [9.17, 15) is 8.42 Å². The van der Waals surface area contributed by atoms with Gasteiger partial charge in [-0.1, -0.05) is 36.0 Å². The van der Waals surface area contributed by atoms with Gasteiger partial charge in [0, 0.05) is 25.2 Å².